The maximum atomic E-state index is 12.8. The van der Waals surface area contributed by atoms with Crippen LogP contribution in [0, 0.1) is 5.92 Å². The normalized spacial score (nSPS) is 10.9. The van der Waals surface area contributed by atoms with E-state index in [1.165, 1.54) is 6.26 Å². The highest BCUT2D eigenvalue weighted by atomic mass is 16.5. The molecule has 0 saturated carbocycles. The molecule has 0 aliphatic carbocycles. The summed E-state index contributed by atoms with van der Waals surface area (Å²) in [7, 11) is 1.55. The first-order valence-corrected chi connectivity index (χ1v) is 7.92. The number of rotatable bonds is 4. The average molecular weight is 338 g/mol. The van der Waals surface area contributed by atoms with Crippen LogP contribution in [0.2, 0.25) is 0 Å². The first-order chi connectivity index (χ1) is 12.0. The highest BCUT2D eigenvalue weighted by Gasteiger charge is 2.15. The van der Waals surface area contributed by atoms with Crippen LogP contribution in [0.3, 0.4) is 0 Å². The van der Waals surface area contributed by atoms with Gasteiger partial charge >= 0.3 is 5.97 Å². The molecule has 1 aromatic heterocycles. The van der Waals surface area contributed by atoms with Crippen LogP contribution in [0.15, 0.2) is 57.9 Å². The van der Waals surface area contributed by atoms with E-state index >= 15 is 0 Å². The number of ether oxygens (including phenoxy) is 2. The summed E-state index contributed by atoms with van der Waals surface area (Å²) < 4.78 is 16.2. The van der Waals surface area contributed by atoms with Crippen molar-refractivity contribution in [2.45, 2.75) is 13.8 Å². The van der Waals surface area contributed by atoms with Crippen molar-refractivity contribution in [2.24, 2.45) is 5.92 Å². The lowest BCUT2D eigenvalue weighted by atomic mass is 10.0. The van der Waals surface area contributed by atoms with E-state index in [-0.39, 0.29) is 17.3 Å². The van der Waals surface area contributed by atoms with Crippen molar-refractivity contribution >= 4 is 16.9 Å². The van der Waals surface area contributed by atoms with Crippen molar-refractivity contribution in [3.63, 3.8) is 0 Å². The molecule has 0 fully saturated rings. The minimum atomic E-state index is -0.340. The molecule has 1 heterocycles. The minimum absolute atomic E-state index is 0.174. The van der Waals surface area contributed by atoms with Crippen LogP contribution in [0.1, 0.15) is 13.8 Å². The van der Waals surface area contributed by atoms with E-state index in [1.807, 2.05) is 12.1 Å². The maximum Gasteiger partial charge on any atom is 0.313 e. The Hall–Kier alpha value is -3.08. The van der Waals surface area contributed by atoms with Crippen molar-refractivity contribution < 1.29 is 18.7 Å². The van der Waals surface area contributed by atoms with Crippen molar-refractivity contribution in [3.05, 3.63) is 59.0 Å². The summed E-state index contributed by atoms with van der Waals surface area (Å²) in [5, 5.41) is 0.410. The van der Waals surface area contributed by atoms with Crippen LogP contribution in [0.5, 0.6) is 11.5 Å². The second-order valence-corrected chi connectivity index (χ2v) is 5.91. The van der Waals surface area contributed by atoms with Crippen LogP contribution in [0.4, 0.5) is 0 Å². The molecule has 128 valence electrons. The summed E-state index contributed by atoms with van der Waals surface area (Å²) in [6.45, 7) is 3.51. The van der Waals surface area contributed by atoms with Crippen LogP contribution in [-0.4, -0.2) is 13.1 Å². The number of esters is 1. The monoisotopic (exact) mass is 338 g/mol. The third-order valence-corrected chi connectivity index (χ3v) is 3.83. The molecule has 0 amide bonds. The van der Waals surface area contributed by atoms with Gasteiger partial charge in [0.15, 0.2) is 0 Å². The van der Waals surface area contributed by atoms with Crippen LogP contribution in [-0.2, 0) is 4.79 Å². The zero-order valence-corrected chi connectivity index (χ0v) is 14.2. The molecule has 0 spiro atoms. The number of hydrogen-bond acceptors (Lipinski definition) is 5. The summed E-state index contributed by atoms with van der Waals surface area (Å²) in [5.41, 5.74) is 1.26. The molecule has 2 aromatic carbocycles. The van der Waals surface area contributed by atoms with Gasteiger partial charge < -0.3 is 13.9 Å². The van der Waals surface area contributed by atoms with Crippen LogP contribution < -0.4 is 14.9 Å². The smallest absolute Gasteiger partial charge is 0.313 e. The highest BCUT2D eigenvalue weighted by molar-refractivity contribution is 5.84. The first-order valence-electron chi connectivity index (χ1n) is 7.92. The lowest BCUT2D eigenvalue weighted by Crippen LogP contribution is -2.14. The molecular formula is C20H18O5. The molecule has 0 aliphatic rings. The Labute approximate surface area is 144 Å². The van der Waals surface area contributed by atoms with Gasteiger partial charge in [-0.1, -0.05) is 32.0 Å². The summed E-state index contributed by atoms with van der Waals surface area (Å²) in [6, 6.07) is 12.0. The van der Waals surface area contributed by atoms with Gasteiger partial charge in [-0.15, -0.1) is 0 Å². The Morgan fingerprint density at radius 3 is 2.56 bits per heavy atom. The van der Waals surface area contributed by atoms with E-state index in [0.29, 0.717) is 33.6 Å². The average Bonchev–Trinajstić information content (AvgIpc) is 2.62. The predicted molar refractivity (Wildman–Crippen MR) is 94.9 cm³/mol. The Bertz CT molecular complexity index is 985. The first kappa shape index (κ1) is 16.8. The molecule has 5 heteroatoms. The van der Waals surface area contributed by atoms with Crippen LogP contribution >= 0.6 is 0 Å². The predicted octanol–water partition coefficient (Wildman–Crippen LogP) is 4.03. The molecule has 0 saturated heterocycles. The number of benzene rings is 2. The molecule has 0 radical (unpaired) electrons. The zero-order valence-electron chi connectivity index (χ0n) is 14.2. The second kappa shape index (κ2) is 6.81. The van der Waals surface area contributed by atoms with Gasteiger partial charge in [-0.05, 0) is 18.2 Å². The molecule has 0 aliphatic heterocycles. The maximum absolute atomic E-state index is 12.8. The summed E-state index contributed by atoms with van der Waals surface area (Å²) >= 11 is 0. The van der Waals surface area contributed by atoms with Gasteiger partial charge in [0.2, 0.25) is 5.43 Å². The largest absolute Gasteiger partial charge is 0.496 e. The summed E-state index contributed by atoms with van der Waals surface area (Å²) in [5.74, 6) is 0.360. The fraction of sp³-hybridized carbons (Fsp3) is 0.200. The molecule has 0 atom stereocenters. The van der Waals surface area contributed by atoms with Gasteiger partial charge in [0.05, 0.1) is 24.0 Å². The topological polar surface area (TPSA) is 65.7 Å². The second-order valence-electron chi connectivity index (χ2n) is 5.91. The fourth-order valence-corrected chi connectivity index (χ4v) is 2.46. The highest BCUT2D eigenvalue weighted by Crippen LogP contribution is 2.29. The van der Waals surface area contributed by atoms with Crippen molar-refractivity contribution in [3.8, 4) is 22.6 Å². The quantitative estimate of drug-likeness (QED) is 0.531. The van der Waals surface area contributed by atoms with Crippen molar-refractivity contribution in [2.75, 3.05) is 7.11 Å². The third kappa shape index (κ3) is 3.26. The summed E-state index contributed by atoms with van der Waals surface area (Å²) in [6.07, 6.45) is 1.40. The van der Waals surface area contributed by atoms with Crippen LogP contribution in [0.25, 0.3) is 22.1 Å². The van der Waals surface area contributed by atoms with E-state index in [0.717, 1.165) is 0 Å². The molecule has 0 bridgehead atoms. The minimum Gasteiger partial charge on any atom is -0.496 e. The van der Waals surface area contributed by atoms with Gasteiger partial charge in [0.1, 0.15) is 23.3 Å². The number of hydrogen-bond donors (Lipinski definition) is 0. The Balaban J connectivity index is 2.07. The number of para-hydroxylation sites is 1. The Morgan fingerprint density at radius 1 is 1.08 bits per heavy atom. The Kier molecular flexibility index (Phi) is 4.57. The molecule has 0 unspecified atom stereocenters. The van der Waals surface area contributed by atoms with Gasteiger partial charge in [0, 0.05) is 11.6 Å². The molecule has 5 nitrogen and oxygen atoms in total. The van der Waals surface area contributed by atoms with Gasteiger partial charge in [-0.3, -0.25) is 9.59 Å². The van der Waals surface area contributed by atoms with Gasteiger partial charge in [0.25, 0.3) is 0 Å². The van der Waals surface area contributed by atoms with E-state index in [2.05, 4.69) is 0 Å². The molecule has 3 rings (SSSR count). The summed E-state index contributed by atoms with van der Waals surface area (Å²) in [4.78, 5) is 24.5. The lowest BCUT2D eigenvalue weighted by molar-refractivity contribution is -0.137. The number of fused-ring (bicyclic) bond motifs is 1. The zero-order chi connectivity index (χ0) is 18.0. The van der Waals surface area contributed by atoms with E-state index in [9.17, 15) is 9.59 Å². The number of methoxy groups -OCH3 is 1. The van der Waals surface area contributed by atoms with E-state index in [1.54, 1.807) is 51.3 Å². The van der Waals surface area contributed by atoms with Crippen molar-refractivity contribution in [1.82, 2.24) is 0 Å². The third-order valence-electron chi connectivity index (χ3n) is 3.83. The van der Waals surface area contributed by atoms with Gasteiger partial charge in [-0.2, -0.15) is 0 Å². The SMILES string of the molecule is COc1ccccc1-c1coc2cc(OC(=O)C(C)C)ccc2c1=O. The van der Waals surface area contributed by atoms with Crippen molar-refractivity contribution in [1.29, 1.82) is 0 Å². The van der Waals surface area contributed by atoms with Gasteiger partial charge in [-0.25, -0.2) is 0 Å². The number of carbonyl (C=O) groups excluding carboxylic acids is 1. The lowest BCUT2D eigenvalue weighted by Gasteiger charge is -2.09. The fourth-order valence-electron chi connectivity index (χ4n) is 2.46. The molecule has 25 heavy (non-hydrogen) atoms. The standard InChI is InChI=1S/C20H18O5/c1-12(2)20(22)25-13-8-9-15-18(10-13)24-11-16(19(15)21)14-6-4-5-7-17(14)23-3/h4-12H,1-3H3. The molecule has 0 N–H and O–H groups in total. The Morgan fingerprint density at radius 2 is 1.84 bits per heavy atom. The molecular weight excluding hydrogens is 320 g/mol. The van der Waals surface area contributed by atoms with E-state index in [4.69, 9.17) is 13.9 Å². The van der Waals surface area contributed by atoms with E-state index < -0.39 is 0 Å². The molecule has 3 aromatic rings. The number of carbonyl (C=O) groups is 1.